The zero-order chi connectivity index (χ0) is 89.7. The first-order valence-electron chi connectivity index (χ1n) is 43.5. The summed E-state index contributed by atoms with van der Waals surface area (Å²) in [6, 6.07) is 33.7. The van der Waals surface area contributed by atoms with Gasteiger partial charge in [0.25, 0.3) is 0 Å². The Labute approximate surface area is 745 Å². The average Bonchev–Trinajstić information content (AvgIpc) is 1.66. The van der Waals surface area contributed by atoms with Crippen molar-refractivity contribution in [1.29, 1.82) is 0 Å². The molecule has 0 bridgehead atoms. The highest BCUT2D eigenvalue weighted by atomic mass is 35.5. The summed E-state index contributed by atoms with van der Waals surface area (Å²) in [6.45, 7) is 14.1. The van der Waals surface area contributed by atoms with Gasteiger partial charge in [0.2, 0.25) is 0 Å². The van der Waals surface area contributed by atoms with Crippen LogP contribution in [0.4, 0.5) is 8.78 Å². The van der Waals surface area contributed by atoms with Crippen molar-refractivity contribution in [3.05, 3.63) is 285 Å². The molecule has 20 rings (SSSR count). The molecule has 8 aromatic heterocycles. The largest absolute Gasteiger partial charge is 0.507 e. The second-order valence-corrected chi connectivity index (χ2v) is 33.0. The number of phenolic OH excluding ortho intramolecular Hbond substituents is 4. The Hall–Kier alpha value is -13.4. The topological polar surface area (TPSA) is 326 Å². The number of rotatable bonds is 18. The molecule has 4 unspecified atom stereocenters. The molecule has 0 saturated carbocycles. The van der Waals surface area contributed by atoms with Crippen LogP contribution in [-0.2, 0) is 14.2 Å². The Morgan fingerprint density at radius 1 is 0.411 bits per heavy atom. The molecule has 129 heavy (non-hydrogen) atoms. The van der Waals surface area contributed by atoms with Crippen LogP contribution < -0.4 is 5.32 Å². The maximum Gasteiger partial charge on any atom is 0.342 e. The van der Waals surface area contributed by atoms with E-state index in [0.717, 1.165) is 145 Å². The lowest BCUT2D eigenvalue weighted by molar-refractivity contribution is 0.0517. The van der Waals surface area contributed by atoms with Crippen LogP contribution in [0.25, 0.3) is 87.0 Å². The summed E-state index contributed by atoms with van der Waals surface area (Å²) < 4.78 is 68.2. The number of aryl methyl sites for hydroxylation is 1. The Morgan fingerprint density at radius 3 is 1.16 bits per heavy atom. The highest BCUT2D eigenvalue weighted by Gasteiger charge is 2.40. The number of hydrogen-bond donors (Lipinski definition) is 6. The molecule has 0 amide bonds. The fraction of sp³-hybridized carbons (Fsp3) is 0.287. The van der Waals surface area contributed by atoms with Gasteiger partial charge >= 0.3 is 23.9 Å². The molecule has 12 heterocycles. The molecule has 662 valence electrons. The van der Waals surface area contributed by atoms with Crippen molar-refractivity contribution in [3.63, 3.8) is 0 Å². The number of benzene rings is 8. The van der Waals surface area contributed by atoms with Gasteiger partial charge in [0.1, 0.15) is 104 Å². The van der Waals surface area contributed by atoms with Gasteiger partial charge in [0, 0.05) is 162 Å². The fourth-order valence-electron chi connectivity index (χ4n) is 19.3. The van der Waals surface area contributed by atoms with Crippen LogP contribution in [0.2, 0.25) is 5.02 Å². The van der Waals surface area contributed by atoms with E-state index in [2.05, 4.69) is 44.9 Å². The minimum Gasteiger partial charge on any atom is -0.507 e. The zero-order valence-electron chi connectivity index (χ0n) is 71.6. The number of aromatic hydroxyl groups is 4. The normalized spacial score (nSPS) is 15.8. The summed E-state index contributed by atoms with van der Waals surface area (Å²) in [5, 5.41) is 66.1. The molecular weight excluding hydrogens is 1670 g/mol. The van der Waals surface area contributed by atoms with Gasteiger partial charge in [-0.1, -0.05) is 60.7 Å². The second-order valence-electron chi connectivity index (χ2n) is 32.6. The van der Waals surface area contributed by atoms with Crippen molar-refractivity contribution in [1.82, 2.24) is 44.9 Å². The Morgan fingerprint density at radius 2 is 0.760 bits per heavy atom. The maximum atomic E-state index is 15.0. The maximum absolute atomic E-state index is 15.0. The zero-order valence-corrected chi connectivity index (χ0v) is 72.3. The van der Waals surface area contributed by atoms with E-state index < -0.39 is 41.6 Å². The number of halogens is 3. The molecule has 4 aliphatic heterocycles. The highest BCUT2D eigenvalue weighted by molar-refractivity contribution is 6.32. The number of fused-ring (bicyclic) bond motifs is 12. The van der Waals surface area contributed by atoms with E-state index in [1.54, 1.807) is 99.8 Å². The Kier molecular flexibility index (Phi) is 26.3. The van der Waals surface area contributed by atoms with Crippen LogP contribution in [-0.4, -0.2) is 175 Å². The molecule has 25 nitrogen and oxygen atoms in total. The first-order valence-corrected chi connectivity index (χ1v) is 43.9. The van der Waals surface area contributed by atoms with Crippen LogP contribution in [0.3, 0.4) is 0 Å². The number of furan rings is 4. The van der Waals surface area contributed by atoms with Crippen molar-refractivity contribution in [3.8, 4) is 23.0 Å². The molecule has 4 aliphatic rings. The minimum absolute atomic E-state index is 0.0639. The molecule has 28 heteroatoms. The van der Waals surface area contributed by atoms with Gasteiger partial charge in [-0.2, -0.15) is 0 Å². The predicted molar refractivity (Wildman–Crippen MR) is 486 cm³/mol. The summed E-state index contributed by atoms with van der Waals surface area (Å²) >= 11 is 6.29. The van der Waals surface area contributed by atoms with Crippen molar-refractivity contribution >= 4 is 122 Å². The van der Waals surface area contributed by atoms with Gasteiger partial charge in [-0.05, 0) is 218 Å². The second kappa shape index (κ2) is 38.6. The number of piperidine rings is 3. The van der Waals surface area contributed by atoms with Gasteiger partial charge < -0.3 is 62.7 Å². The fourth-order valence-corrected chi connectivity index (χ4v) is 19.4. The number of aromatic carboxylic acids is 1. The number of methoxy groups -OCH3 is 1. The average molecular weight is 1770 g/mol. The highest BCUT2D eigenvalue weighted by Crippen LogP contribution is 2.53. The number of likely N-dealkylation sites (tertiary alicyclic amines) is 3. The lowest BCUT2D eigenvalue weighted by atomic mass is 9.88. The number of phenols is 4. The lowest BCUT2D eigenvalue weighted by Gasteiger charge is -2.36. The summed E-state index contributed by atoms with van der Waals surface area (Å²) in [5.74, 6) is -3.73. The van der Waals surface area contributed by atoms with Gasteiger partial charge in [0.05, 0.1) is 49.9 Å². The van der Waals surface area contributed by atoms with Crippen LogP contribution >= 0.6 is 11.6 Å². The van der Waals surface area contributed by atoms with Crippen molar-refractivity contribution < 1.29 is 85.4 Å². The number of pyridine rings is 4. The van der Waals surface area contributed by atoms with E-state index in [1.165, 1.54) is 56.8 Å². The molecule has 0 aliphatic carbocycles. The van der Waals surface area contributed by atoms with Crippen LogP contribution in [0, 0.1) is 18.6 Å². The molecular formula is C101H96ClF2N9O16. The minimum atomic E-state index is -1.07. The van der Waals surface area contributed by atoms with E-state index in [4.69, 9.17) is 43.5 Å². The number of carbonyl (C=O) groups is 4. The monoisotopic (exact) mass is 1760 g/mol. The SMILES string of the molecule is CCOC(=O)c1coc2c1c(C(c1ccncc1)N1CCCCC1)c(O)c1c(F)cccc12.CCOC(=O)c1coc2c1c(C(c1ccncc1)N1CCNCC1)c(O)c1cc(Cl)ccc12.COC(=O)c1coc2c1c(C(c1ccncc1)N1CCCCC1)c(O)c1cc(F)ccc12.Cc1ccc2c(c1)c(O)c(C(c1ccncc1)N1CCCCC1)c1c(C(=O)O)coc12. The van der Waals surface area contributed by atoms with E-state index in [9.17, 15) is 49.1 Å². The number of esters is 3. The number of ether oxygens (including phenoxy) is 3. The van der Waals surface area contributed by atoms with Gasteiger partial charge in [-0.3, -0.25) is 39.5 Å². The quantitative estimate of drug-likeness (QED) is 0.0343. The number of carboxylic acid groups (broad SMARTS) is 1. The molecule has 0 radical (unpaired) electrons. The standard InChI is InChI=1S/C26H25FN2O4.C25H24ClN3O4.C25H23FN2O4.C25H24N2O4/c1-2-32-26(31)18-15-33-25-17-7-6-8-19(27)20(17)24(30)22(21(18)25)23(16-9-11-28-12-10-16)29-13-4-3-5-14-29;1-2-32-25(31)19-14-33-24-17-4-3-16(26)13-18(17)23(30)21(20(19)24)22(15-5-7-27-8-6-15)29-11-9-28-10-12-29;1-31-25(30)19-14-32-24-17-6-5-16(26)13-18(17)23(29)21(20(19)24)22(15-7-9-27-10-8-15)28-11-3-2-4-12-28;1-15-5-6-17-18(13-15)23(28)21(20-19(25(29)30)14-31-24(17)20)22(16-7-9-26-10-8-16)27-11-3-2-4-12-27/h6-12,15,23,30H,2-5,13-14H2,1H3;3-8,13-14,22,28,30H,2,9-12H2,1H3;5-10,13-14,22,29H,2-4,11-12H2,1H3;5-10,13-14,22,28H,2-4,11-12H2,1H3,(H,29,30). The molecule has 4 fully saturated rings. The van der Waals surface area contributed by atoms with Crippen LogP contribution in [0.5, 0.6) is 23.0 Å². The third kappa shape index (κ3) is 17.1. The summed E-state index contributed by atoms with van der Waals surface area (Å²) in [5.41, 5.74) is 9.53. The lowest BCUT2D eigenvalue weighted by Crippen LogP contribution is -2.45. The molecule has 4 atom stereocenters. The molecule has 4 saturated heterocycles. The van der Waals surface area contributed by atoms with Gasteiger partial charge in [-0.15, -0.1) is 0 Å². The van der Waals surface area contributed by atoms with Crippen LogP contribution in [0.15, 0.2) is 214 Å². The smallest absolute Gasteiger partial charge is 0.342 e. The van der Waals surface area contributed by atoms with E-state index in [1.807, 2.05) is 73.7 Å². The summed E-state index contributed by atoms with van der Waals surface area (Å²) in [4.78, 5) is 76.3. The van der Waals surface area contributed by atoms with E-state index in [-0.39, 0.29) is 76.4 Å². The van der Waals surface area contributed by atoms with Crippen molar-refractivity contribution in [2.45, 2.75) is 103 Å². The number of carbonyl (C=O) groups excluding carboxylic acids is 3. The first-order chi connectivity index (χ1) is 62.9. The van der Waals surface area contributed by atoms with Crippen molar-refractivity contribution in [2.24, 2.45) is 0 Å². The van der Waals surface area contributed by atoms with E-state index >= 15 is 4.39 Å². The summed E-state index contributed by atoms with van der Waals surface area (Å²) in [6.07, 6.45) is 28.8. The third-order valence-corrected chi connectivity index (χ3v) is 25.2. The van der Waals surface area contributed by atoms with Gasteiger partial charge in [-0.25, -0.2) is 28.0 Å². The first kappa shape index (κ1) is 87.7. The van der Waals surface area contributed by atoms with Gasteiger partial charge in [0.15, 0.2) is 0 Å². The number of nitrogens with one attached hydrogen (secondary N) is 1. The molecule has 8 aromatic carbocycles. The molecule has 16 aromatic rings. The summed E-state index contributed by atoms with van der Waals surface area (Å²) in [7, 11) is 1.31. The molecule has 6 N–H and O–H groups in total. The number of carboxylic acids is 1. The van der Waals surface area contributed by atoms with Crippen LogP contribution in [0.1, 0.15) is 187 Å². The number of hydrogen-bond acceptors (Lipinski definition) is 24. The third-order valence-electron chi connectivity index (χ3n) is 25.0. The number of piperazine rings is 1. The number of nitrogens with zero attached hydrogens (tertiary/aromatic N) is 8. The van der Waals surface area contributed by atoms with E-state index in [0.29, 0.717) is 114 Å². The Bertz CT molecular complexity index is 6830. The van der Waals surface area contributed by atoms with Crippen molar-refractivity contribution in [2.75, 3.05) is 85.8 Å². The molecule has 0 spiro atoms. The Balaban J connectivity index is 0.000000121. The number of aromatic nitrogens is 4. The predicted octanol–water partition coefficient (Wildman–Crippen LogP) is 20.5.